The van der Waals surface area contributed by atoms with Gasteiger partial charge in [-0.05, 0) is 38.4 Å². The molecule has 112 valence electrons. The minimum absolute atomic E-state index is 0.138. The molecular weight excluding hydrogens is 250 g/mol. The SMILES string of the molecule is CCCCN(CC(=O)c1ccccc1OC)C(C)CC. The number of rotatable bonds is 9. The number of carbonyl (C=O) groups excluding carboxylic acids is 1. The number of carbonyl (C=O) groups is 1. The summed E-state index contributed by atoms with van der Waals surface area (Å²) in [6.07, 6.45) is 3.34. The predicted molar refractivity (Wildman–Crippen MR) is 83.6 cm³/mol. The van der Waals surface area contributed by atoms with Crippen LogP contribution in [-0.4, -0.2) is 36.9 Å². The molecule has 0 fully saturated rings. The van der Waals surface area contributed by atoms with E-state index < -0.39 is 0 Å². The summed E-state index contributed by atoms with van der Waals surface area (Å²) in [6.45, 7) is 7.97. The molecule has 0 aliphatic heterocycles. The number of benzene rings is 1. The molecule has 0 bridgehead atoms. The lowest BCUT2D eigenvalue weighted by molar-refractivity contribution is 0.0891. The number of ether oxygens (including phenoxy) is 1. The maximum absolute atomic E-state index is 12.5. The van der Waals surface area contributed by atoms with Crippen molar-refractivity contribution in [2.75, 3.05) is 20.2 Å². The molecule has 0 aromatic heterocycles. The summed E-state index contributed by atoms with van der Waals surface area (Å²) in [7, 11) is 1.61. The zero-order chi connectivity index (χ0) is 15.0. The van der Waals surface area contributed by atoms with Crippen LogP contribution in [0.15, 0.2) is 24.3 Å². The van der Waals surface area contributed by atoms with E-state index in [1.54, 1.807) is 7.11 Å². The van der Waals surface area contributed by atoms with E-state index in [0.717, 1.165) is 25.8 Å². The molecule has 0 N–H and O–H groups in total. The Balaban J connectivity index is 2.79. The Labute approximate surface area is 122 Å². The van der Waals surface area contributed by atoms with Gasteiger partial charge in [-0.25, -0.2) is 0 Å². The second kappa shape index (κ2) is 8.75. The van der Waals surface area contributed by atoms with Gasteiger partial charge in [-0.15, -0.1) is 0 Å². The minimum atomic E-state index is 0.138. The maximum Gasteiger partial charge on any atom is 0.180 e. The third-order valence-electron chi connectivity index (χ3n) is 3.77. The van der Waals surface area contributed by atoms with Crippen LogP contribution in [0.25, 0.3) is 0 Å². The highest BCUT2D eigenvalue weighted by Gasteiger charge is 2.18. The lowest BCUT2D eigenvalue weighted by atomic mass is 10.1. The van der Waals surface area contributed by atoms with Crippen molar-refractivity contribution in [2.45, 2.75) is 46.1 Å². The quantitative estimate of drug-likeness (QED) is 0.643. The van der Waals surface area contributed by atoms with Crippen LogP contribution in [0, 0.1) is 0 Å². The zero-order valence-corrected chi connectivity index (χ0v) is 13.2. The van der Waals surface area contributed by atoms with E-state index in [0.29, 0.717) is 23.9 Å². The van der Waals surface area contributed by atoms with Crippen molar-refractivity contribution in [2.24, 2.45) is 0 Å². The Morgan fingerprint density at radius 3 is 2.60 bits per heavy atom. The monoisotopic (exact) mass is 277 g/mol. The lowest BCUT2D eigenvalue weighted by Gasteiger charge is -2.27. The molecule has 3 nitrogen and oxygen atoms in total. The number of nitrogens with zero attached hydrogens (tertiary/aromatic N) is 1. The first kappa shape index (κ1) is 16.7. The second-order valence-electron chi connectivity index (χ2n) is 5.20. The lowest BCUT2D eigenvalue weighted by Crippen LogP contribution is -2.37. The van der Waals surface area contributed by atoms with Gasteiger partial charge in [-0.3, -0.25) is 9.69 Å². The highest BCUT2D eigenvalue weighted by molar-refractivity contribution is 6.00. The van der Waals surface area contributed by atoms with Crippen LogP contribution >= 0.6 is 0 Å². The number of para-hydroxylation sites is 1. The average molecular weight is 277 g/mol. The molecule has 0 amide bonds. The highest BCUT2D eigenvalue weighted by Crippen LogP contribution is 2.19. The predicted octanol–water partition coefficient (Wildman–Crippen LogP) is 3.78. The molecular formula is C17H27NO2. The Morgan fingerprint density at radius 1 is 1.30 bits per heavy atom. The molecule has 1 aromatic rings. The van der Waals surface area contributed by atoms with E-state index in [-0.39, 0.29) is 5.78 Å². The molecule has 3 heteroatoms. The summed E-state index contributed by atoms with van der Waals surface area (Å²) in [4.78, 5) is 14.8. The topological polar surface area (TPSA) is 29.5 Å². The molecule has 0 heterocycles. The Morgan fingerprint density at radius 2 is 2.00 bits per heavy atom. The summed E-state index contributed by atoms with van der Waals surface area (Å²) in [5.41, 5.74) is 0.680. The van der Waals surface area contributed by atoms with E-state index in [1.165, 1.54) is 0 Å². The van der Waals surface area contributed by atoms with Gasteiger partial charge >= 0.3 is 0 Å². The van der Waals surface area contributed by atoms with E-state index in [9.17, 15) is 4.79 Å². The van der Waals surface area contributed by atoms with Gasteiger partial charge in [0.25, 0.3) is 0 Å². The fourth-order valence-corrected chi connectivity index (χ4v) is 2.22. The first-order valence-electron chi connectivity index (χ1n) is 7.54. The Hall–Kier alpha value is -1.35. The van der Waals surface area contributed by atoms with E-state index in [4.69, 9.17) is 4.74 Å². The third-order valence-corrected chi connectivity index (χ3v) is 3.77. The standard InChI is InChI=1S/C17H27NO2/c1-5-7-12-18(14(3)6-2)13-16(19)15-10-8-9-11-17(15)20-4/h8-11,14H,5-7,12-13H2,1-4H3. The summed E-state index contributed by atoms with van der Waals surface area (Å²) < 4.78 is 5.28. The molecule has 0 aliphatic rings. The van der Waals surface area contributed by atoms with Crippen LogP contribution in [0.2, 0.25) is 0 Å². The fourth-order valence-electron chi connectivity index (χ4n) is 2.22. The average Bonchev–Trinajstić information content (AvgIpc) is 2.50. The van der Waals surface area contributed by atoms with Crippen molar-refractivity contribution in [3.8, 4) is 5.75 Å². The van der Waals surface area contributed by atoms with Gasteiger partial charge in [-0.2, -0.15) is 0 Å². The van der Waals surface area contributed by atoms with Gasteiger partial charge < -0.3 is 4.74 Å². The van der Waals surface area contributed by atoms with Gasteiger partial charge in [-0.1, -0.05) is 32.4 Å². The molecule has 20 heavy (non-hydrogen) atoms. The summed E-state index contributed by atoms with van der Waals surface area (Å²) in [5, 5.41) is 0. The smallest absolute Gasteiger partial charge is 0.180 e. The summed E-state index contributed by atoms with van der Waals surface area (Å²) >= 11 is 0. The molecule has 1 unspecified atom stereocenters. The van der Waals surface area contributed by atoms with E-state index in [2.05, 4.69) is 25.7 Å². The first-order chi connectivity index (χ1) is 9.63. The van der Waals surface area contributed by atoms with Gasteiger partial charge in [0.2, 0.25) is 0 Å². The van der Waals surface area contributed by atoms with Crippen LogP contribution in [0.3, 0.4) is 0 Å². The van der Waals surface area contributed by atoms with Crippen molar-refractivity contribution in [1.29, 1.82) is 0 Å². The van der Waals surface area contributed by atoms with Crippen molar-refractivity contribution in [3.63, 3.8) is 0 Å². The first-order valence-corrected chi connectivity index (χ1v) is 7.54. The second-order valence-corrected chi connectivity index (χ2v) is 5.20. The normalized spacial score (nSPS) is 12.4. The van der Waals surface area contributed by atoms with Crippen LogP contribution in [0.1, 0.15) is 50.4 Å². The molecule has 1 atom stereocenters. The molecule has 0 saturated heterocycles. The maximum atomic E-state index is 12.5. The molecule has 0 radical (unpaired) electrons. The molecule has 0 aliphatic carbocycles. The highest BCUT2D eigenvalue weighted by atomic mass is 16.5. The summed E-state index contributed by atoms with van der Waals surface area (Å²) in [5.74, 6) is 0.802. The number of Topliss-reactive ketones (excluding diaryl/α,β-unsaturated/α-hetero) is 1. The number of ketones is 1. The zero-order valence-electron chi connectivity index (χ0n) is 13.2. The van der Waals surface area contributed by atoms with Gasteiger partial charge in [0.1, 0.15) is 5.75 Å². The van der Waals surface area contributed by atoms with Crippen LogP contribution in [0.4, 0.5) is 0 Å². The van der Waals surface area contributed by atoms with Crippen LogP contribution < -0.4 is 4.74 Å². The Kier molecular flexibility index (Phi) is 7.31. The fraction of sp³-hybridized carbons (Fsp3) is 0.588. The number of hydrogen-bond acceptors (Lipinski definition) is 3. The van der Waals surface area contributed by atoms with Crippen LogP contribution in [0.5, 0.6) is 5.75 Å². The molecule has 1 rings (SSSR count). The minimum Gasteiger partial charge on any atom is -0.496 e. The van der Waals surface area contributed by atoms with E-state index in [1.807, 2.05) is 24.3 Å². The summed E-state index contributed by atoms with van der Waals surface area (Å²) in [6, 6.07) is 7.89. The molecule has 1 aromatic carbocycles. The number of methoxy groups -OCH3 is 1. The largest absolute Gasteiger partial charge is 0.496 e. The van der Waals surface area contributed by atoms with Crippen LogP contribution in [-0.2, 0) is 0 Å². The third kappa shape index (κ3) is 4.64. The van der Waals surface area contributed by atoms with Crippen molar-refractivity contribution in [1.82, 2.24) is 4.90 Å². The number of hydrogen-bond donors (Lipinski definition) is 0. The van der Waals surface area contributed by atoms with Gasteiger partial charge in [0.15, 0.2) is 5.78 Å². The van der Waals surface area contributed by atoms with Gasteiger partial charge in [0.05, 0.1) is 19.2 Å². The van der Waals surface area contributed by atoms with Crippen molar-refractivity contribution in [3.05, 3.63) is 29.8 Å². The Bertz CT molecular complexity index is 417. The van der Waals surface area contributed by atoms with Gasteiger partial charge in [0, 0.05) is 6.04 Å². The van der Waals surface area contributed by atoms with Crippen molar-refractivity contribution < 1.29 is 9.53 Å². The van der Waals surface area contributed by atoms with Crippen molar-refractivity contribution >= 4 is 5.78 Å². The molecule has 0 spiro atoms. The molecule has 0 saturated carbocycles. The number of unbranched alkanes of at least 4 members (excludes halogenated alkanes) is 1. The van der Waals surface area contributed by atoms with E-state index >= 15 is 0 Å².